The molecular formula is C17H16Cl2N2O2S. The summed E-state index contributed by atoms with van der Waals surface area (Å²) in [4.78, 5) is 24.2. The second-order valence-corrected chi connectivity index (χ2v) is 7.31. The Morgan fingerprint density at radius 1 is 0.958 bits per heavy atom. The average Bonchev–Trinajstić information content (AvgIpc) is 2.52. The maximum atomic E-state index is 12.3. The molecule has 0 radical (unpaired) electrons. The molecule has 0 aliphatic rings. The molecule has 2 aromatic rings. The fraction of sp³-hybridized carbons (Fsp3) is 0.176. The van der Waals surface area contributed by atoms with E-state index in [2.05, 4.69) is 10.6 Å². The molecule has 2 N–H and O–H groups in total. The van der Waals surface area contributed by atoms with Crippen LogP contribution in [0.3, 0.4) is 0 Å². The predicted molar refractivity (Wildman–Crippen MR) is 101 cm³/mol. The third-order valence-corrected chi connectivity index (χ3v) is 4.89. The molecule has 126 valence electrons. The number of hydrogen-bond acceptors (Lipinski definition) is 3. The van der Waals surface area contributed by atoms with Crippen LogP contribution < -0.4 is 10.6 Å². The molecule has 0 saturated heterocycles. The molecular weight excluding hydrogens is 367 g/mol. The standard InChI is InChI=1S/C17H16Cl2N2O2S/c1-10(17(23)21-13-5-8-15(18)16(19)9-13)24-14-6-3-12(4-7-14)20-11(2)22/h3-10H,1-2H3,(H,20,22)(H,21,23). The number of carbonyl (C=O) groups is 2. The Morgan fingerprint density at radius 3 is 2.17 bits per heavy atom. The van der Waals surface area contributed by atoms with E-state index in [4.69, 9.17) is 23.2 Å². The number of amides is 2. The third-order valence-electron chi connectivity index (χ3n) is 3.04. The van der Waals surface area contributed by atoms with Crippen molar-refractivity contribution in [3.05, 3.63) is 52.5 Å². The predicted octanol–water partition coefficient (Wildman–Crippen LogP) is 5.07. The normalized spacial score (nSPS) is 11.7. The zero-order chi connectivity index (χ0) is 17.7. The average molecular weight is 383 g/mol. The van der Waals surface area contributed by atoms with E-state index < -0.39 is 0 Å². The largest absolute Gasteiger partial charge is 0.326 e. The molecule has 0 fully saturated rings. The van der Waals surface area contributed by atoms with Gasteiger partial charge in [0.1, 0.15) is 0 Å². The van der Waals surface area contributed by atoms with Crippen molar-refractivity contribution in [2.24, 2.45) is 0 Å². The Hall–Kier alpha value is -1.69. The molecule has 2 aromatic carbocycles. The van der Waals surface area contributed by atoms with Gasteiger partial charge < -0.3 is 10.6 Å². The highest BCUT2D eigenvalue weighted by Crippen LogP contribution is 2.28. The Bertz CT molecular complexity index is 751. The van der Waals surface area contributed by atoms with Gasteiger partial charge in [0.05, 0.1) is 15.3 Å². The molecule has 2 rings (SSSR count). The summed E-state index contributed by atoms with van der Waals surface area (Å²) in [5, 5.41) is 6.04. The highest BCUT2D eigenvalue weighted by Gasteiger charge is 2.15. The fourth-order valence-corrected chi connectivity index (χ4v) is 3.06. The molecule has 0 aromatic heterocycles. The molecule has 0 bridgehead atoms. The lowest BCUT2D eigenvalue weighted by Crippen LogP contribution is -2.22. The van der Waals surface area contributed by atoms with Crippen LogP contribution in [0, 0.1) is 0 Å². The van der Waals surface area contributed by atoms with E-state index in [1.807, 2.05) is 19.1 Å². The minimum Gasteiger partial charge on any atom is -0.326 e. The maximum Gasteiger partial charge on any atom is 0.237 e. The number of rotatable bonds is 5. The van der Waals surface area contributed by atoms with Crippen molar-refractivity contribution in [2.75, 3.05) is 10.6 Å². The summed E-state index contributed by atoms with van der Waals surface area (Å²) in [6, 6.07) is 12.3. The number of hydrogen-bond donors (Lipinski definition) is 2. The first kappa shape index (κ1) is 18.6. The van der Waals surface area contributed by atoms with Crippen LogP contribution in [0.4, 0.5) is 11.4 Å². The topological polar surface area (TPSA) is 58.2 Å². The van der Waals surface area contributed by atoms with Crippen molar-refractivity contribution in [1.82, 2.24) is 0 Å². The first-order valence-electron chi connectivity index (χ1n) is 7.15. The van der Waals surface area contributed by atoms with Crippen molar-refractivity contribution in [3.63, 3.8) is 0 Å². The minimum absolute atomic E-state index is 0.121. The van der Waals surface area contributed by atoms with Gasteiger partial charge in [0, 0.05) is 23.2 Å². The van der Waals surface area contributed by atoms with Crippen LogP contribution in [0.15, 0.2) is 47.4 Å². The first-order valence-corrected chi connectivity index (χ1v) is 8.79. The lowest BCUT2D eigenvalue weighted by molar-refractivity contribution is -0.115. The van der Waals surface area contributed by atoms with E-state index in [1.54, 1.807) is 30.3 Å². The summed E-state index contributed by atoms with van der Waals surface area (Å²) in [6.07, 6.45) is 0. The van der Waals surface area contributed by atoms with Crippen LogP contribution >= 0.6 is 35.0 Å². The Balaban J connectivity index is 1.95. The van der Waals surface area contributed by atoms with E-state index in [1.165, 1.54) is 18.7 Å². The van der Waals surface area contributed by atoms with Crippen LogP contribution in [0.2, 0.25) is 10.0 Å². The maximum absolute atomic E-state index is 12.3. The van der Waals surface area contributed by atoms with Gasteiger partial charge >= 0.3 is 0 Å². The molecule has 0 heterocycles. The van der Waals surface area contributed by atoms with E-state index in [9.17, 15) is 9.59 Å². The molecule has 0 aliphatic heterocycles. The SMILES string of the molecule is CC(=O)Nc1ccc(SC(C)C(=O)Nc2ccc(Cl)c(Cl)c2)cc1. The lowest BCUT2D eigenvalue weighted by atomic mass is 10.3. The number of benzene rings is 2. The molecule has 2 amide bonds. The number of anilines is 2. The van der Waals surface area contributed by atoms with Gasteiger partial charge in [0.2, 0.25) is 11.8 Å². The van der Waals surface area contributed by atoms with Crippen LogP contribution in [0.25, 0.3) is 0 Å². The quantitative estimate of drug-likeness (QED) is 0.709. The second-order valence-electron chi connectivity index (χ2n) is 5.08. The molecule has 0 aliphatic carbocycles. The zero-order valence-corrected chi connectivity index (χ0v) is 15.4. The summed E-state index contributed by atoms with van der Waals surface area (Å²) in [7, 11) is 0. The van der Waals surface area contributed by atoms with Gasteiger partial charge in [-0.15, -0.1) is 11.8 Å². The number of thioether (sulfide) groups is 1. The number of carbonyl (C=O) groups excluding carboxylic acids is 2. The van der Waals surface area contributed by atoms with E-state index in [-0.39, 0.29) is 17.1 Å². The molecule has 7 heteroatoms. The van der Waals surface area contributed by atoms with Crippen LogP contribution in [0.1, 0.15) is 13.8 Å². The minimum atomic E-state index is -0.300. The Kier molecular flexibility index (Phi) is 6.54. The van der Waals surface area contributed by atoms with E-state index >= 15 is 0 Å². The third kappa shape index (κ3) is 5.44. The molecule has 0 spiro atoms. The van der Waals surface area contributed by atoms with Gasteiger partial charge in [-0.1, -0.05) is 23.2 Å². The summed E-state index contributed by atoms with van der Waals surface area (Å²) < 4.78 is 0. The van der Waals surface area contributed by atoms with Gasteiger partial charge in [-0.2, -0.15) is 0 Å². The van der Waals surface area contributed by atoms with Crippen molar-refractivity contribution in [1.29, 1.82) is 0 Å². The zero-order valence-electron chi connectivity index (χ0n) is 13.1. The summed E-state index contributed by atoms with van der Waals surface area (Å²) in [6.45, 7) is 3.28. The van der Waals surface area contributed by atoms with Gasteiger partial charge in [0.15, 0.2) is 0 Å². The lowest BCUT2D eigenvalue weighted by Gasteiger charge is -2.13. The van der Waals surface area contributed by atoms with Crippen LogP contribution in [-0.2, 0) is 9.59 Å². The number of halogens is 2. The highest BCUT2D eigenvalue weighted by atomic mass is 35.5. The fourth-order valence-electron chi connectivity index (χ4n) is 1.90. The monoisotopic (exact) mass is 382 g/mol. The van der Waals surface area contributed by atoms with Crippen molar-refractivity contribution in [2.45, 2.75) is 24.0 Å². The highest BCUT2D eigenvalue weighted by molar-refractivity contribution is 8.00. The molecule has 4 nitrogen and oxygen atoms in total. The molecule has 1 unspecified atom stereocenters. The van der Waals surface area contributed by atoms with E-state index in [0.29, 0.717) is 15.7 Å². The van der Waals surface area contributed by atoms with E-state index in [0.717, 1.165) is 10.6 Å². The van der Waals surface area contributed by atoms with Crippen molar-refractivity contribution < 1.29 is 9.59 Å². The summed E-state index contributed by atoms with van der Waals surface area (Å²) >= 11 is 13.2. The Labute approximate surface area is 154 Å². The molecule has 0 saturated carbocycles. The Morgan fingerprint density at radius 2 is 1.58 bits per heavy atom. The van der Waals surface area contributed by atoms with Crippen molar-refractivity contribution >= 4 is 58.2 Å². The van der Waals surface area contributed by atoms with Crippen LogP contribution in [0.5, 0.6) is 0 Å². The molecule has 1 atom stereocenters. The smallest absolute Gasteiger partial charge is 0.237 e. The van der Waals surface area contributed by atoms with Gasteiger partial charge in [0.25, 0.3) is 0 Å². The van der Waals surface area contributed by atoms with Gasteiger partial charge in [-0.25, -0.2) is 0 Å². The summed E-state index contributed by atoms with van der Waals surface area (Å²) in [5.74, 6) is -0.255. The first-order chi connectivity index (χ1) is 11.3. The molecule has 24 heavy (non-hydrogen) atoms. The van der Waals surface area contributed by atoms with Gasteiger partial charge in [-0.05, 0) is 49.4 Å². The summed E-state index contributed by atoms with van der Waals surface area (Å²) in [5.41, 5.74) is 1.32. The van der Waals surface area contributed by atoms with Crippen LogP contribution in [-0.4, -0.2) is 17.1 Å². The van der Waals surface area contributed by atoms with Gasteiger partial charge in [-0.3, -0.25) is 9.59 Å². The second kappa shape index (κ2) is 8.42. The number of nitrogens with one attached hydrogen (secondary N) is 2. The van der Waals surface area contributed by atoms with Crippen molar-refractivity contribution in [3.8, 4) is 0 Å².